The van der Waals surface area contributed by atoms with E-state index in [1.165, 1.54) is 42.7 Å². The molecule has 7 heteroatoms. The Bertz CT molecular complexity index is 985. The van der Waals surface area contributed by atoms with Gasteiger partial charge in [-0.3, -0.25) is 9.69 Å². The molecule has 3 aliphatic rings. The molecule has 5 rings (SSSR count). The Morgan fingerprint density at radius 2 is 1.85 bits per heavy atom. The highest BCUT2D eigenvalue weighted by Gasteiger charge is 2.28. The number of aromatic nitrogens is 2. The zero-order valence-electron chi connectivity index (χ0n) is 20.0. The molecule has 0 aliphatic carbocycles. The number of benzene rings is 1. The van der Waals surface area contributed by atoms with Gasteiger partial charge in [0.25, 0.3) is 0 Å². The van der Waals surface area contributed by atoms with Crippen LogP contribution >= 0.6 is 0 Å². The molecule has 0 saturated carbocycles. The molecule has 33 heavy (non-hydrogen) atoms. The van der Waals surface area contributed by atoms with E-state index in [0.29, 0.717) is 0 Å². The number of hydrogen-bond donors (Lipinski definition) is 1. The maximum absolute atomic E-state index is 11.9. The standard InChI is InChI=1S/C26H36N6O/c1-19(33)32-14-5-6-21(17-32)25-28-24-18-30(15-11-23(24)26(27-2)29-25)16-20-7-9-22(10-8-20)31-12-3-4-13-31/h7-10,21H,3-6,11-18H2,1-2H3,(H,27,28,29)/t21-/m0/s1. The first-order valence-electron chi connectivity index (χ1n) is 12.5. The summed E-state index contributed by atoms with van der Waals surface area (Å²) in [6, 6.07) is 9.13. The molecule has 2 saturated heterocycles. The molecule has 1 N–H and O–H groups in total. The molecule has 176 valence electrons. The second kappa shape index (κ2) is 9.67. The van der Waals surface area contributed by atoms with Gasteiger partial charge in [-0.25, -0.2) is 9.97 Å². The molecule has 7 nitrogen and oxygen atoms in total. The fourth-order valence-corrected chi connectivity index (χ4v) is 5.55. The number of piperidine rings is 1. The van der Waals surface area contributed by atoms with E-state index in [2.05, 4.69) is 39.4 Å². The van der Waals surface area contributed by atoms with Gasteiger partial charge in [-0.2, -0.15) is 0 Å². The lowest BCUT2D eigenvalue weighted by Crippen LogP contribution is -2.38. The zero-order valence-corrected chi connectivity index (χ0v) is 20.0. The topological polar surface area (TPSA) is 64.6 Å². The average molecular weight is 449 g/mol. The van der Waals surface area contributed by atoms with Gasteiger partial charge in [0.15, 0.2) is 0 Å². The van der Waals surface area contributed by atoms with Crippen LogP contribution in [0.25, 0.3) is 0 Å². The number of carbonyl (C=O) groups excluding carboxylic acids is 1. The minimum Gasteiger partial charge on any atom is -0.373 e. The van der Waals surface area contributed by atoms with Crippen molar-refractivity contribution in [3.05, 3.63) is 46.9 Å². The molecule has 1 atom stereocenters. The largest absolute Gasteiger partial charge is 0.373 e. The summed E-state index contributed by atoms with van der Waals surface area (Å²) in [5.74, 6) is 2.22. The lowest BCUT2D eigenvalue weighted by atomic mass is 9.96. The van der Waals surface area contributed by atoms with Crippen molar-refractivity contribution in [2.75, 3.05) is 50.0 Å². The van der Waals surface area contributed by atoms with Crippen molar-refractivity contribution in [3.8, 4) is 0 Å². The van der Waals surface area contributed by atoms with Crippen molar-refractivity contribution < 1.29 is 4.79 Å². The lowest BCUT2D eigenvalue weighted by molar-refractivity contribution is -0.130. The van der Waals surface area contributed by atoms with E-state index in [1.54, 1.807) is 6.92 Å². The van der Waals surface area contributed by atoms with Crippen molar-refractivity contribution in [2.45, 2.75) is 58.0 Å². The molecule has 0 unspecified atom stereocenters. The molecule has 3 aliphatic heterocycles. The smallest absolute Gasteiger partial charge is 0.219 e. The zero-order chi connectivity index (χ0) is 22.8. The number of nitrogens with zero attached hydrogens (tertiary/aromatic N) is 5. The molecule has 1 aromatic heterocycles. The molecule has 2 aromatic rings. The van der Waals surface area contributed by atoms with E-state index in [0.717, 1.165) is 69.3 Å². The third kappa shape index (κ3) is 4.83. The van der Waals surface area contributed by atoms with Gasteiger partial charge in [0, 0.05) is 77.0 Å². The van der Waals surface area contributed by atoms with Gasteiger partial charge in [-0.15, -0.1) is 0 Å². The van der Waals surface area contributed by atoms with Crippen LogP contribution in [0, 0.1) is 0 Å². The monoisotopic (exact) mass is 448 g/mol. The molecule has 1 amide bonds. The van der Waals surface area contributed by atoms with E-state index in [4.69, 9.17) is 9.97 Å². The summed E-state index contributed by atoms with van der Waals surface area (Å²) in [5.41, 5.74) is 5.10. The van der Waals surface area contributed by atoms with Crippen LogP contribution in [0.4, 0.5) is 11.5 Å². The maximum Gasteiger partial charge on any atom is 0.219 e. The number of likely N-dealkylation sites (tertiary alicyclic amines) is 1. The Labute approximate surface area is 197 Å². The van der Waals surface area contributed by atoms with E-state index < -0.39 is 0 Å². The van der Waals surface area contributed by atoms with Crippen molar-refractivity contribution in [1.82, 2.24) is 19.8 Å². The van der Waals surface area contributed by atoms with Gasteiger partial charge in [0.05, 0.1) is 5.69 Å². The Kier molecular flexibility index (Phi) is 6.49. The first-order chi connectivity index (χ1) is 16.1. The molecule has 0 spiro atoms. The third-order valence-electron chi connectivity index (χ3n) is 7.44. The Morgan fingerprint density at radius 1 is 1.06 bits per heavy atom. The van der Waals surface area contributed by atoms with Crippen LogP contribution in [0.1, 0.15) is 61.2 Å². The summed E-state index contributed by atoms with van der Waals surface area (Å²) >= 11 is 0. The van der Waals surface area contributed by atoms with Crippen LogP contribution in [0.2, 0.25) is 0 Å². The van der Waals surface area contributed by atoms with Crippen molar-refractivity contribution in [2.24, 2.45) is 0 Å². The predicted molar refractivity (Wildman–Crippen MR) is 132 cm³/mol. The fourth-order valence-electron chi connectivity index (χ4n) is 5.55. The van der Waals surface area contributed by atoms with Crippen molar-refractivity contribution in [1.29, 1.82) is 0 Å². The summed E-state index contributed by atoms with van der Waals surface area (Å²) in [4.78, 5) is 28.8. The molecule has 4 heterocycles. The molecule has 0 bridgehead atoms. The van der Waals surface area contributed by atoms with Crippen LogP contribution in [-0.4, -0.2) is 65.4 Å². The Morgan fingerprint density at radius 3 is 2.58 bits per heavy atom. The number of fused-ring (bicyclic) bond motifs is 1. The number of amides is 1. The lowest BCUT2D eigenvalue weighted by Gasteiger charge is -2.33. The van der Waals surface area contributed by atoms with E-state index in [-0.39, 0.29) is 11.8 Å². The Balaban J connectivity index is 1.30. The normalized spacial score (nSPS) is 21.2. The summed E-state index contributed by atoms with van der Waals surface area (Å²) in [6.07, 6.45) is 5.63. The number of carbonyl (C=O) groups is 1. The molecular weight excluding hydrogens is 412 g/mol. The summed E-state index contributed by atoms with van der Waals surface area (Å²) in [7, 11) is 1.95. The van der Waals surface area contributed by atoms with Crippen LogP contribution in [0.5, 0.6) is 0 Å². The van der Waals surface area contributed by atoms with E-state index in [9.17, 15) is 4.79 Å². The van der Waals surface area contributed by atoms with Crippen molar-refractivity contribution >= 4 is 17.4 Å². The van der Waals surface area contributed by atoms with Gasteiger partial charge in [-0.1, -0.05) is 12.1 Å². The van der Waals surface area contributed by atoms with Crippen molar-refractivity contribution in [3.63, 3.8) is 0 Å². The van der Waals surface area contributed by atoms with Crippen LogP contribution in [0.3, 0.4) is 0 Å². The first kappa shape index (κ1) is 22.1. The highest BCUT2D eigenvalue weighted by atomic mass is 16.2. The summed E-state index contributed by atoms with van der Waals surface area (Å²) in [6.45, 7) is 8.40. The van der Waals surface area contributed by atoms with Gasteiger partial charge >= 0.3 is 0 Å². The molecule has 1 aromatic carbocycles. The number of rotatable bonds is 5. The minimum atomic E-state index is 0.147. The minimum absolute atomic E-state index is 0.147. The number of anilines is 2. The molecule has 2 fully saturated rings. The average Bonchev–Trinajstić information content (AvgIpc) is 3.39. The van der Waals surface area contributed by atoms with Crippen LogP contribution in [-0.2, 0) is 24.3 Å². The quantitative estimate of drug-likeness (QED) is 0.756. The number of hydrogen-bond acceptors (Lipinski definition) is 6. The highest BCUT2D eigenvalue weighted by molar-refractivity contribution is 5.73. The summed E-state index contributed by atoms with van der Waals surface area (Å²) < 4.78 is 0. The van der Waals surface area contributed by atoms with E-state index >= 15 is 0 Å². The Hall–Kier alpha value is -2.67. The SMILES string of the molecule is CNc1nc([C@H]2CCCN(C(C)=O)C2)nc2c1CCN(Cc1ccc(N3CCCC3)cc1)C2. The first-order valence-corrected chi connectivity index (χ1v) is 12.5. The second-order valence-electron chi connectivity index (χ2n) is 9.73. The van der Waals surface area contributed by atoms with Gasteiger partial charge in [0.2, 0.25) is 5.91 Å². The van der Waals surface area contributed by atoms with Gasteiger partial charge in [-0.05, 0) is 49.8 Å². The van der Waals surface area contributed by atoms with E-state index in [1.807, 2.05) is 11.9 Å². The molecule has 0 radical (unpaired) electrons. The van der Waals surface area contributed by atoms with Crippen LogP contribution < -0.4 is 10.2 Å². The maximum atomic E-state index is 11.9. The van der Waals surface area contributed by atoms with Gasteiger partial charge in [0.1, 0.15) is 11.6 Å². The van der Waals surface area contributed by atoms with Crippen LogP contribution in [0.15, 0.2) is 24.3 Å². The highest BCUT2D eigenvalue weighted by Crippen LogP contribution is 2.30. The number of nitrogens with one attached hydrogen (secondary N) is 1. The summed E-state index contributed by atoms with van der Waals surface area (Å²) in [5, 5.41) is 3.31. The molecular formula is C26H36N6O. The second-order valence-corrected chi connectivity index (χ2v) is 9.73. The third-order valence-corrected chi connectivity index (χ3v) is 7.44. The predicted octanol–water partition coefficient (Wildman–Crippen LogP) is 3.40. The fraction of sp³-hybridized carbons (Fsp3) is 0.577. The van der Waals surface area contributed by atoms with Gasteiger partial charge < -0.3 is 15.1 Å².